The number of carbonyl (C=O) groups excluding carboxylic acids is 2. The third-order valence-electron chi connectivity index (χ3n) is 7.97. The Labute approximate surface area is 303 Å². The van der Waals surface area contributed by atoms with E-state index in [1.54, 1.807) is 18.2 Å². The molecule has 0 bridgehead atoms. The summed E-state index contributed by atoms with van der Waals surface area (Å²) in [5, 5.41) is 9.50. The first-order chi connectivity index (χ1) is 24.8. The van der Waals surface area contributed by atoms with Gasteiger partial charge in [-0.25, -0.2) is 4.98 Å². The van der Waals surface area contributed by atoms with E-state index < -0.39 is 0 Å². The summed E-state index contributed by atoms with van der Waals surface area (Å²) in [6.45, 7) is 4.63. The van der Waals surface area contributed by atoms with Crippen LogP contribution in [0.5, 0.6) is 17.6 Å². The van der Waals surface area contributed by atoms with Crippen molar-refractivity contribution in [3.05, 3.63) is 160 Å². The molecule has 2 heterocycles. The van der Waals surface area contributed by atoms with E-state index in [4.69, 9.17) is 25.8 Å². The minimum Gasteiger partial charge on any atom is -0.480 e. The molecule has 0 aliphatic rings. The van der Waals surface area contributed by atoms with Crippen molar-refractivity contribution in [2.75, 3.05) is 14.2 Å². The van der Waals surface area contributed by atoms with Gasteiger partial charge in [-0.1, -0.05) is 109 Å². The van der Waals surface area contributed by atoms with E-state index in [1.807, 2.05) is 67.6 Å². The SMILES string of the molecule is COc1nc(Cl)ccc1C=O.COc1nc(OCc2cccc(-c3ccccc3)c2C)ccc1C=O.Cc1c(CO)cccc1-c1ccccc1. The van der Waals surface area contributed by atoms with Gasteiger partial charge in [0, 0.05) is 6.07 Å². The molecule has 4 aromatic carbocycles. The number of carbonyl (C=O) groups is 2. The lowest BCUT2D eigenvalue weighted by molar-refractivity contribution is 0.111. The molecule has 0 aliphatic carbocycles. The van der Waals surface area contributed by atoms with E-state index >= 15 is 0 Å². The number of halogens is 1. The van der Waals surface area contributed by atoms with Crippen molar-refractivity contribution in [1.29, 1.82) is 0 Å². The molecule has 260 valence electrons. The highest BCUT2D eigenvalue weighted by molar-refractivity contribution is 6.29. The summed E-state index contributed by atoms with van der Waals surface area (Å²) >= 11 is 5.55. The fraction of sp³-hybridized carbons (Fsp3) is 0.143. The van der Waals surface area contributed by atoms with Gasteiger partial charge in [0.05, 0.1) is 32.0 Å². The third-order valence-corrected chi connectivity index (χ3v) is 8.18. The number of methoxy groups -OCH3 is 2. The fourth-order valence-electron chi connectivity index (χ4n) is 5.16. The van der Waals surface area contributed by atoms with Crippen molar-refractivity contribution in [2.45, 2.75) is 27.1 Å². The minimum atomic E-state index is 0.104. The number of aromatic nitrogens is 2. The van der Waals surface area contributed by atoms with Crippen LogP contribution in [0.25, 0.3) is 22.3 Å². The van der Waals surface area contributed by atoms with Crippen LogP contribution in [0.2, 0.25) is 5.15 Å². The second-order valence-corrected chi connectivity index (χ2v) is 11.5. The molecule has 1 N–H and O–H groups in total. The van der Waals surface area contributed by atoms with Crippen molar-refractivity contribution < 1.29 is 28.9 Å². The molecular weight excluding hydrogens is 664 g/mol. The van der Waals surface area contributed by atoms with Gasteiger partial charge in [0.15, 0.2) is 12.6 Å². The summed E-state index contributed by atoms with van der Waals surface area (Å²) in [5.74, 6) is 0.946. The standard InChI is InChI=1S/C21H19NO3.C14H14O.C7H6ClNO2/c1-15-18(9-6-10-19(15)16-7-4-3-5-8-16)14-25-20-12-11-17(13-23)21(22-20)24-2;1-11-13(10-15)8-5-9-14(11)12-6-3-2-4-7-12;1-11-7-5(4-10)2-3-6(8)9-7/h3-13H,14H2,1-2H3;2-9,15H,10H2,1H3;2-4H,1H3. The molecule has 2 aromatic heterocycles. The van der Waals surface area contributed by atoms with Crippen molar-refractivity contribution in [2.24, 2.45) is 0 Å². The Morgan fingerprint density at radius 3 is 1.61 bits per heavy atom. The Morgan fingerprint density at radius 2 is 1.10 bits per heavy atom. The Bertz CT molecular complexity index is 2040. The molecule has 6 rings (SSSR count). The Morgan fingerprint density at radius 1 is 0.608 bits per heavy atom. The second-order valence-electron chi connectivity index (χ2n) is 11.1. The van der Waals surface area contributed by atoms with Crippen molar-refractivity contribution in [3.63, 3.8) is 0 Å². The first-order valence-corrected chi connectivity index (χ1v) is 16.4. The number of aliphatic hydroxyl groups is 1. The van der Waals surface area contributed by atoms with Crippen molar-refractivity contribution in [1.82, 2.24) is 9.97 Å². The lowest BCUT2D eigenvalue weighted by Gasteiger charge is -2.13. The lowest BCUT2D eigenvalue weighted by atomic mass is 9.97. The predicted octanol–water partition coefficient (Wildman–Crippen LogP) is 9.17. The summed E-state index contributed by atoms with van der Waals surface area (Å²) in [5.41, 5.74) is 9.97. The van der Waals surface area contributed by atoms with Gasteiger partial charge >= 0.3 is 0 Å². The number of hydrogen-bond acceptors (Lipinski definition) is 8. The molecule has 0 atom stereocenters. The van der Waals surface area contributed by atoms with Gasteiger partial charge in [0.1, 0.15) is 11.8 Å². The van der Waals surface area contributed by atoms with Gasteiger partial charge in [-0.3, -0.25) is 9.59 Å². The molecule has 0 saturated heterocycles. The van der Waals surface area contributed by atoms with Crippen LogP contribution in [-0.4, -0.2) is 41.9 Å². The van der Waals surface area contributed by atoms with Crippen molar-refractivity contribution >= 4 is 24.2 Å². The molecular formula is C42H39ClN2O6. The Hall–Kier alpha value is -5.83. The molecule has 0 fully saturated rings. The van der Waals surface area contributed by atoms with Crippen LogP contribution in [0.4, 0.5) is 0 Å². The molecule has 8 nitrogen and oxygen atoms in total. The molecule has 9 heteroatoms. The van der Waals surface area contributed by atoms with Gasteiger partial charge in [-0.15, -0.1) is 0 Å². The van der Waals surface area contributed by atoms with E-state index in [1.165, 1.54) is 48.1 Å². The largest absolute Gasteiger partial charge is 0.480 e. The molecule has 0 spiro atoms. The third kappa shape index (κ3) is 10.3. The van der Waals surface area contributed by atoms with Crippen molar-refractivity contribution in [3.8, 4) is 39.9 Å². The zero-order valence-corrected chi connectivity index (χ0v) is 29.6. The van der Waals surface area contributed by atoms with Crippen LogP contribution in [0.3, 0.4) is 0 Å². The zero-order chi connectivity index (χ0) is 36.6. The molecule has 51 heavy (non-hydrogen) atoms. The molecule has 6 aromatic rings. The highest BCUT2D eigenvalue weighted by Gasteiger charge is 2.10. The number of benzene rings is 4. The number of aliphatic hydroxyl groups excluding tert-OH is 1. The summed E-state index contributed by atoms with van der Waals surface area (Å²) in [6, 6.07) is 39.1. The van der Waals surface area contributed by atoms with E-state index in [0.717, 1.165) is 16.7 Å². The smallest absolute Gasteiger partial charge is 0.227 e. The van der Waals surface area contributed by atoms with E-state index in [2.05, 4.69) is 53.3 Å². The first kappa shape index (κ1) is 38.0. The fourth-order valence-corrected chi connectivity index (χ4v) is 5.30. The monoisotopic (exact) mass is 702 g/mol. The zero-order valence-electron chi connectivity index (χ0n) is 28.9. The van der Waals surface area contributed by atoms with E-state index in [0.29, 0.717) is 41.3 Å². The number of aldehydes is 2. The molecule has 0 aliphatic heterocycles. The maximum absolute atomic E-state index is 10.9. The Balaban J connectivity index is 0.000000190. The summed E-state index contributed by atoms with van der Waals surface area (Å²) in [4.78, 5) is 29.3. The number of nitrogens with zero attached hydrogens (tertiary/aromatic N) is 2. The molecule has 0 saturated carbocycles. The summed E-state index contributed by atoms with van der Waals surface area (Å²) in [6.07, 6.45) is 1.38. The van der Waals surface area contributed by atoms with Gasteiger partial charge in [0.2, 0.25) is 17.6 Å². The average Bonchev–Trinajstić information content (AvgIpc) is 3.18. The maximum atomic E-state index is 10.9. The van der Waals surface area contributed by atoms with Crippen LogP contribution in [0.1, 0.15) is 43.0 Å². The molecule has 0 amide bonds. The summed E-state index contributed by atoms with van der Waals surface area (Å²) < 4.78 is 15.7. The second kappa shape index (κ2) is 19.4. The van der Waals surface area contributed by atoms with E-state index in [9.17, 15) is 14.7 Å². The van der Waals surface area contributed by atoms with E-state index in [-0.39, 0.29) is 18.4 Å². The molecule has 0 radical (unpaired) electrons. The van der Waals surface area contributed by atoms with Crippen LogP contribution >= 0.6 is 11.6 Å². The number of rotatable bonds is 10. The number of pyridine rings is 2. The van der Waals surface area contributed by atoms with Gasteiger partial charge < -0.3 is 19.3 Å². The van der Waals surface area contributed by atoms with Crippen LogP contribution < -0.4 is 14.2 Å². The highest BCUT2D eigenvalue weighted by Crippen LogP contribution is 2.27. The quantitative estimate of drug-likeness (QED) is 0.111. The van der Waals surface area contributed by atoms with Crippen LogP contribution in [0, 0.1) is 13.8 Å². The minimum absolute atomic E-state index is 0.104. The van der Waals surface area contributed by atoms with Gasteiger partial charge in [0.25, 0.3) is 0 Å². The number of ether oxygens (including phenoxy) is 3. The number of hydrogen-bond donors (Lipinski definition) is 1. The predicted molar refractivity (Wildman–Crippen MR) is 201 cm³/mol. The Kier molecular flexibility index (Phi) is 14.4. The maximum Gasteiger partial charge on any atom is 0.227 e. The first-order valence-electron chi connectivity index (χ1n) is 16.0. The van der Waals surface area contributed by atoms with Gasteiger partial charge in [-0.05, 0) is 76.6 Å². The summed E-state index contributed by atoms with van der Waals surface area (Å²) in [7, 11) is 2.91. The normalized spacial score (nSPS) is 10.1. The van der Waals surface area contributed by atoms with Crippen LogP contribution in [0.15, 0.2) is 121 Å². The average molecular weight is 703 g/mol. The molecule has 0 unspecified atom stereocenters. The van der Waals surface area contributed by atoms with Gasteiger partial charge in [-0.2, -0.15) is 4.98 Å². The highest BCUT2D eigenvalue weighted by atomic mass is 35.5. The topological polar surface area (TPSA) is 108 Å². The lowest BCUT2D eigenvalue weighted by Crippen LogP contribution is -2.02. The van der Waals surface area contributed by atoms with Crippen LogP contribution in [-0.2, 0) is 13.2 Å².